The summed E-state index contributed by atoms with van der Waals surface area (Å²) in [6.07, 6.45) is 0. The number of carbonyl (C=O) groups excluding carboxylic acids is 1. The Balaban J connectivity index is 2.04. The van der Waals surface area contributed by atoms with Crippen molar-refractivity contribution in [2.45, 2.75) is 20.8 Å². The third kappa shape index (κ3) is 3.23. The molecule has 5 heteroatoms. The molecule has 0 aliphatic rings. The number of benzene rings is 1. The smallest absolute Gasteiger partial charge is 0.270 e. The summed E-state index contributed by atoms with van der Waals surface area (Å²) in [4.78, 5) is 16.9. The minimum atomic E-state index is -0.128. The molecule has 0 spiro atoms. The van der Waals surface area contributed by atoms with Gasteiger partial charge in [-0.3, -0.25) is 4.79 Å². The van der Waals surface area contributed by atoms with Gasteiger partial charge in [0.15, 0.2) is 5.65 Å². The SMILES string of the molecule is Cc1cc(C(=O)NCC(C)C)n2nc(-c3ccccc3)cc2n1. The average molecular weight is 308 g/mol. The number of carbonyl (C=O) groups is 1. The van der Waals surface area contributed by atoms with Crippen molar-refractivity contribution in [3.63, 3.8) is 0 Å². The van der Waals surface area contributed by atoms with Gasteiger partial charge in [0.25, 0.3) is 5.91 Å². The molecule has 0 aliphatic carbocycles. The van der Waals surface area contributed by atoms with Crippen LogP contribution in [0.5, 0.6) is 0 Å². The predicted octanol–water partition coefficient (Wildman–Crippen LogP) is 3.09. The molecule has 1 amide bonds. The summed E-state index contributed by atoms with van der Waals surface area (Å²) in [6.45, 7) is 6.65. The molecule has 1 aromatic carbocycles. The maximum absolute atomic E-state index is 12.5. The van der Waals surface area contributed by atoms with Crippen LogP contribution in [0.15, 0.2) is 42.5 Å². The van der Waals surface area contributed by atoms with Crippen molar-refractivity contribution in [2.75, 3.05) is 6.54 Å². The van der Waals surface area contributed by atoms with Crippen LogP contribution >= 0.6 is 0 Å². The Labute approximate surface area is 135 Å². The highest BCUT2D eigenvalue weighted by Gasteiger charge is 2.15. The zero-order valence-corrected chi connectivity index (χ0v) is 13.6. The van der Waals surface area contributed by atoms with Gasteiger partial charge in [-0.05, 0) is 18.9 Å². The van der Waals surface area contributed by atoms with Gasteiger partial charge in [0.1, 0.15) is 5.69 Å². The number of aromatic nitrogens is 3. The van der Waals surface area contributed by atoms with Crippen molar-refractivity contribution >= 4 is 11.6 Å². The van der Waals surface area contributed by atoms with Crippen LogP contribution < -0.4 is 5.32 Å². The molecule has 0 bridgehead atoms. The normalized spacial score (nSPS) is 11.1. The lowest BCUT2D eigenvalue weighted by molar-refractivity contribution is 0.0941. The van der Waals surface area contributed by atoms with E-state index in [0.717, 1.165) is 17.0 Å². The van der Waals surface area contributed by atoms with Crippen molar-refractivity contribution in [1.29, 1.82) is 0 Å². The minimum Gasteiger partial charge on any atom is -0.350 e. The van der Waals surface area contributed by atoms with Gasteiger partial charge in [0.2, 0.25) is 0 Å². The molecule has 3 aromatic rings. The van der Waals surface area contributed by atoms with E-state index in [1.54, 1.807) is 10.6 Å². The molecule has 2 heterocycles. The first kappa shape index (κ1) is 15.2. The number of amides is 1. The Bertz CT molecular complexity index is 837. The third-order valence-corrected chi connectivity index (χ3v) is 3.53. The summed E-state index contributed by atoms with van der Waals surface area (Å²) in [5, 5.41) is 7.50. The second kappa shape index (κ2) is 6.20. The lowest BCUT2D eigenvalue weighted by Gasteiger charge is -2.09. The van der Waals surface area contributed by atoms with E-state index >= 15 is 0 Å². The monoisotopic (exact) mass is 308 g/mol. The maximum Gasteiger partial charge on any atom is 0.270 e. The van der Waals surface area contributed by atoms with Gasteiger partial charge in [-0.15, -0.1) is 0 Å². The number of nitrogens with zero attached hydrogens (tertiary/aromatic N) is 3. The number of hydrogen-bond acceptors (Lipinski definition) is 3. The second-order valence-electron chi connectivity index (χ2n) is 6.05. The first-order valence-electron chi connectivity index (χ1n) is 7.75. The van der Waals surface area contributed by atoms with E-state index in [1.807, 2.05) is 43.3 Å². The minimum absolute atomic E-state index is 0.128. The van der Waals surface area contributed by atoms with Crippen LogP contribution in [-0.2, 0) is 0 Å². The summed E-state index contributed by atoms with van der Waals surface area (Å²) < 4.78 is 1.62. The molecule has 0 atom stereocenters. The van der Waals surface area contributed by atoms with Crippen molar-refractivity contribution in [1.82, 2.24) is 19.9 Å². The number of hydrogen-bond donors (Lipinski definition) is 1. The van der Waals surface area contributed by atoms with Gasteiger partial charge >= 0.3 is 0 Å². The Morgan fingerprint density at radius 1 is 1.22 bits per heavy atom. The number of nitrogens with one attached hydrogen (secondary N) is 1. The molecule has 0 saturated heterocycles. The highest BCUT2D eigenvalue weighted by atomic mass is 16.2. The van der Waals surface area contributed by atoms with Crippen LogP contribution in [0.25, 0.3) is 16.9 Å². The number of aryl methyl sites for hydroxylation is 1. The molecule has 0 radical (unpaired) electrons. The van der Waals surface area contributed by atoms with E-state index in [2.05, 4.69) is 29.2 Å². The molecule has 1 N–H and O–H groups in total. The summed E-state index contributed by atoms with van der Waals surface area (Å²) in [5.74, 6) is 0.270. The molecule has 3 rings (SSSR count). The van der Waals surface area contributed by atoms with Crippen LogP contribution in [0.1, 0.15) is 30.0 Å². The molecular weight excluding hydrogens is 288 g/mol. The van der Waals surface area contributed by atoms with Crippen LogP contribution in [0.3, 0.4) is 0 Å². The van der Waals surface area contributed by atoms with E-state index in [0.29, 0.717) is 23.8 Å². The zero-order valence-electron chi connectivity index (χ0n) is 13.6. The van der Waals surface area contributed by atoms with Gasteiger partial charge in [0.05, 0.1) is 5.69 Å². The third-order valence-electron chi connectivity index (χ3n) is 3.53. The van der Waals surface area contributed by atoms with Gasteiger partial charge in [-0.2, -0.15) is 5.10 Å². The molecule has 2 aromatic heterocycles. The topological polar surface area (TPSA) is 59.3 Å². The molecule has 0 saturated carbocycles. The molecule has 23 heavy (non-hydrogen) atoms. The number of rotatable bonds is 4. The summed E-state index contributed by atoms with van der Waals surface area (Å²) in [6, 6.07) is 13.6. The van der Waals surface area contributed by atoms with Gasteiger partial charge in [0, 0.05) is 23.9 Å². The van der Waals surface area contributed by atoms with Gasteiger partial charge in [-0.25, -0.2) is 9.50 Å². The Morgan fingerprint density at radius 2 is 1.96 bits per heavy atom. The predicted molar refractivity (Wildman–Crippen MR) is 90.3 cm³/mol. The van der Waals surface area contributed by atoms with Gasteiger partial charge in [-0.1, -0.05) is 44.2 Å². The summed E-state index contributed by atoms with van der Waals surface area (Å²) in [7, 11) is 0. The maximum atomic E-state index is 12.5. The van der Waals surface area contributed by atoms with Crippen LogP contribution in [0, 0.1) is 12.8 Å². The molecule has 0 fully saturated rings. The van der Waals surface area contributed by atoms with Crippen LogP contribution in [0.4, 0.5) is 0 Å². The van der Waals surface area contributed by atoms with Crippen molar-refractivity contribution in [3.8, 4) is 11.3 Å². The molecule has 0 unspecified atom stereocenters. The Kier molecular flexibility index (Phi) is 4.10. The summed E-state index contributed by atoms with van der Waals surface area (Å²) in [5.41, 5.74) is 3.80. The lowest BCUT2D eigenvalue weighted by atomic mass is 10.2. The molecule has 5 nitrogen and oxygen atoms in total. The van der Waals surface area contributed by atoms with Crippen LogP contribution in [0.2, 0.25) is 0 Å². The first-order valence-corrected chi connectivity index (χ1v) is 7.75. The average Bonchev–Trinajstić information content (AvgIpc) is 2.96. The van der Waals surface area contributed by atoms with Crippen LogP contribution in [-0.4, -0.2) is 27.0 Å². The van der Waals surface area contributed by atoms with E-state index in [-0.39, 0.29) is 5.91 Å². The fourth-order valence-corrected chi connectivity index (χ4v) is 2.40. The second-order valence-corrected chi connectivity index (χ2v) is 6.05. The van der Waals surface area contributed by atoms with Crippen molar-refractivity contribution in [2.24, 2.45) is 5.92 Å². The van der Waals surface area contributed by atoms with E-state index in [9.17, 15) is 4.79 Å². The standard InChI is InChI=1S/C18H20N4O/c1-12(2)11-19-18(23)16-9-13(3)20-17-10-15(21-22(16)17)14-7-5-4-6-8-14/h4-10,12H,11H2,1-3H3,(H,19,23). The molecular formula is C18H20N4O. The highest BCUT2D eigenvalue weighted by molar-refractivity contribution is 5.93. The molecule has 118 valence electrons. The lowest BCUT2D eigenvalue weighted by Crippen LogP contribution is -2.29. The van der Waals surface area contributed by atoms with E-state index < -0.39 is 0 Å². The van der Waals surface area contributed by atoms with Crippen molar-refractivity contribution < 1.29 is 4.79 Å². The fourth-order valence-electron chi connectivity index (χ4n) is 2.40. The number of fused-ring (bicyclic) bond motifs is 1. The first-order chi connectivity index (χ1) is 11.0. The van der Waals surface area contributed by atoms with E-state index in [1.165, 1.54) is 0 Å². The zero-order chi connectivity index (χ0) is 16.4. The Morgan fingerprint density at radius 3 is 2.65 bits per heavy atom. The van der Waals surface area contributed by atoms with Crippen molar-refractivity contribution in [3.05, 3.63) is 53.9 Å². The Hall–Kier alpha value is -2.69. The van der Waals surface area contributed by atoms with Gasteiger partial charge < -0.3 is 5.32 Å². The molecule has 0 aliphatic heterocycles. The quantitative estimate of drug-likeness (QED) is 0.805. The fraction of sp³-hybridized carbons (Fsp3) is 0.278. The largest absolute Gasteiger partial charge is 0.350 e. The summed E-state index contributed by atoms with van der Waals surface area (Å²) >= 11 is 0. The van der Waals surface area contributed by atoms with E-state index in [4.69, 9.17) is 0 Å². The highest BCUT2D eigenvalue weighted by Crippen LogP contribution is 2.19.